The Morgan fingerprint density at radius 3 is 2.56 bits per heavy atom. The SMILES string of the molecule is Cc1ccc(NCC(=O)c2ccc(F)cc2)cc1Nc1ncc(-c2ccc(C#N)cc2)o1. The Kier molecular flexibility index (Phi) is 5.95. The molecule has 2 N–H and O–H groups in total. The van der Waals surface area contributed by atoms with Crippen LogP contribution in [0, 0.1) is 24.1 Å². The molecule has 4 rings (SSSR count). The highest BCUT2D eigenvalue weighted by atomic mass is 19.1. The molecule has 0 saturated carbocycles. The average Bonchev–Trinajstić information content (AvgIpc) is 3.28. The van der Waals surface area contributed by atoms with E-state index >= 15 is 0 Å². The second-order valence-electron chi connectivity index (χ2n) is 7.16. The number of nitriles is 1. The quantitative estimate of drug-likeness (QED) is 0.369. The molecule has 1 heterocycles. The minimum Gasteiger partial charge on any atom is -0.423 e. The van der Waals surface area contributed by atoms with Gasteiger partial charge in [0.15, 0.2) is 11.5 Å². The van der Waals surface area contributed by atoms with E-state index in [0.29, 0.717) is 22.9 Å². The molecule has 0 aliphatic heterocycles. The van der Waals surface area contributed by atoms with Gasteiger partial charge in [-0.05, 0) is 73.2 Å². The van der Waals surface area contributed by atoms with Crippen molar-refractivity contribution in [2.24, 2.45) is 0 Å². The van der Waals surface area contributed by atoms with Crippen LogP contribution in [0.15, 0.2) is 77.3 Å². The molecule has 0 unspecified atom stereocenters. The number of carbonyl (C=O) groups excluding carboxylic acids is 1. The highest BCUT2D eigenvalue weighted by molar-refractivity contribution is 5.99. The van der Waals surface area contributed by atoms with Gasteiger partial charge >= 0.3 is 0 Å². The van der Waals surface area contributed by atoms with Gasteiger partial charge in [0.25, 0.3) is 6.01 Å². The first-order valence-corrected chi connectivity index (χ1v) is 9.88. The summed E-state index contributed by atoms with van der Waals surface area (Å²) in [6, 6.07) is 20.6. The van der Waals surface area contributed by atoms with Crippen LogP contribution in [0.1, 0.15) is 21.5 Å². The fourth-order valence-electron chi connectivity index (χ4n) is 3.08. The lowest BCUT2D eigenvalue weighted by Crippen LogP contribution is -2.14. The predicted molar refractivity (Wildman–Crippen MR) is 120 cm³/mol. The average molecular weight is 426 g/mol. The summed E-state index contributed by atoms with van der Waals surface area (Å²) < 4.78 is 18.8. The number of ketones is 1. The molecule has 0 radical (unpaired) electrons. The number of aryl methyl sites for hydroxylation is 1. The van der Waals surface area contributed by atoms with E-state index in [1.165, 1.54) is 24.3 Å². The molecule has 0 fully saturated rings. The van der Waals surface area contributed by atoms with E-state index in [4.69, 9.17) is 9.68 Å². The molecule has 0 bridgehead atoms. The van der Waals surface area contributed by atoms with Crippen LogP contribution < -0.4 is 10.6 Å². The molecule has 158 valence electrons. The smallest absolute Gasteiger partial charge is 0.299 e. The summed E-state index contributed by atoms with van der Waals surface area (Å²) >= 11 is 0. The summed E-state index contributed by atoms with van der Waals surface area (Å²) in [4.78, 5) is 16.6. The molecule has 0 amide bonds. The van der Waals surface area contributed by atoms with Crippen LogP contribution in [0.25, 0.3) is 11.3 Å². The van der Waals surface area contributed by atoms with Gasteiger partial charge in [-0.3, -0.25) is 4.79 Å². The minimum absolute atomic E-state index is 0.0793. The maximum atomic E-state index is 13.0. The third-order valence-electron chi connectivity index (χ3n) is 4.90. The minimum atomic E-state index is -0.377. The van der Waals surface area contributed by atoms with E-state index in [1.807, 2.05) is 25.1 Å². The van der Waals surface area contributed by atoms with Crippen molar-refractivity contribution in [3.8, 4) is 17.4 Å². The van der Waals surface area contributed by atoms with Crippen molar-refractivity contribution >= 4 is 23.2 Å². The normalized spacial score (nSPS) is 10.4. The highest BCUT2D eigenvalue weighted by Crippen LogP contribution is 2.27. The number of hydrogen-bond donors (Lipinski definition) is 2. The first-order chi connectivity index (χ1) is 15.5. The van der Waals surface area contributed by atoms with Crippen molar-refractivity contribution < 1.29 is 13.6 Å². The molecule has 6 nitrogen and oxygen atoms in total. The van der Waals surface area contributed by atoms with Gasteiger partial charge in [0.2, 0.25) is 0 Å². The largest absolute Gasteiger partial charge is 0.423 e. The summed E-state index contributed by atoms with van der Waals surface area (Å²) in [7, 11) is 0. The van der Waals surface area contributed by atoms with E-state index in [0.717, 1.165) is 22.5 Å². The topological polar surface area (TPSA) is 91.0 Å². The molecule has 0 spiro atoms. The zero-order valence-electron chi connectivity index (χ0n) is 17.2. The number of Topliss-reactive ketones (excluding diaryl/α,β-unsaturated/α-hetero) is 1. The molecule has 0 atom stereocenters. The molecule has 32 heavy (non-hydrogen) atoms. The Morgan fingerprint density at radius 2 is 1.84 bits per heavy atom. The number of nitrogens with one attached hydrogen (secondary N) is 2. The van der Waals surface area contributed by atoms with Gasteiger partial charge < -0.3 is 15.1 Å². The number of anilines is 3. The van der Waals surface area contributed by atoms with Crippen molar-refractivity contribution in [1.29, 1.82) is 5.26 Å². The number of hydrogen-bond acceptors (Lipinski definition) is 6. The number of nitrogens with zero attached hydrogens (tertiary/aromatic N) is 2. The lowest BCUT2D eigenvalue weighted by atomic mass is 10.1. The maximum absolute atomic E-state index is 13.0. The number of halogens is 1. The van der Waals surface area contributed by atoms with Crippen LogP contribution in [0.5, 0.6) is 0 Å². The molecule has 0 aliphatic rings. The Bertz CT molecular complexity index is 1290. The standard InChI is InChI=1S/C25H19FN4O2/c1-16-2-11-21(28-14-23(31)18-7-9-20(26)10-8-18)12-22(16)30-25-29-15-24(32-25)19-5-3-17(13-27)4-6-19/h2-12,15,28H,14H2,1H3,(H,29,30). The summed E-state index contributed by atoms with van der Waals surface area (Å²) in [5.74, 6) is 0.0614. The molecular weight excluding hydrogens is 407 g/mol. The van der Waals surface area contributed by atoms with Crippen molar-refractivity contribution in [2.45, 2.75) is 6.92 Å². The zero-order valence-corrected chi connectivity index (χ0v) is 17.2. The van der Waals surface area contributed by atoms with Crippen molar-refractivity contribution in [1.82, 2.24) is 4.98 Å². The van der Waals surface area contributed by atoms with Crippen LogP contribution in [0.3, 0.4) is 0 Å². The van der Waals surface area contributed by atoms with Gasteiger partial charge in [-0.2, -0.15) is 5.26 Å². The number of carbonyl (C=O) groups is 1. The van der Waals surface area contributed by atoms with Crippen LogP contribution in [0.4, 0.5) is 21.8 Å². The molecule has 0 saturated heterocycles. The Hall–Kier alpha value is -4.44. The Labute approximate surface area is 184 Å². The monoisotopic (exact) mass is 426 g/mol. The van der Waals surface area contributed by atoms with Gasteiger partial charge in [0.1, 0.15) is 5.82 Å². The first kappa shape index (κ1) is 20.8. The second kappa shape index (κ2) is 9.14. The van der Waals surface area contributed by atoms with Crippen molar-refractivity contribution in [2.75, 3.05) is 17.2 Å². The van der Waals surface area contributed by atoms with E-state index in [-0.39, 0.29) is 18.1 Å². The van der Waals surface area contributed by atoms with Crippen LogP contribution >= 0.6 is 0 Å². The first-order valence-electron chi connectivity index (χ1n) is 9.88. The van der Waals surface area contributed by atoms with Crippen molar-refractivity contribution in [3.63, 3.8) is 0 Å². The number of benzene rings is 3. The van der Waals surface area contributed by atoms with Gasteiger partial charge in [-0.1, -0.05) is 6.07 Å². The van der Waals surface area contributed by atoms with Gasteiger partial charge in [-0.25, -0.2) is 9.37 Å². The Morgan fingerprint density at radius 1 is 1.09 bits per heavy atom. The van der Waals surface area contributed by atoms with Crippen LogP contribution in [0.2, 0.25) is 0 Å². The van der Waals surface area contributed by atoms with E-state index in [9.17, 15) is 9.18 Å². The lowest BCUT2D eigenvalue weighted by Gasteiger charge is -2.11. The van der Waals surface area contributed by atoms with E-state index in [1.54, 1.807) is 30.5 Å². The fraction of sp³-hybridized carbons (Fsp3) is 0.0800. The van der Waals surface area contributed by atoms with Gasteiger partial charge in [-0.15, -0.1) is 0 Å². The highest BCUT2D eigenvalue weighted by Gasteiger charge is 2.10. The summed E-state index contributed by atoms with van der Waals surface area (Å²) in [6.07, 6.45) is 1.61. The Balaban J connectivity index is 1.44. The zero-order chi connectivity index (χ0) is 22.5. The van der Waals surface area contributed by atoms with Crippen molar-refractivity contribution in [3.05, 3.63) is 95.4 Å². The number of rotatable bonds is 7. The molecule has 1 aromatic heterocycles. The lowest BCUT2D eigenvalue weighted by molar-refractivity contribution is 0.101. The van der Waals surface area contributed by atoms with E-state index in [2.05, 4.69) is 21.7 Å². The molecule has 4 aromatic rings. The second-order valence-corrected chi connectivity index (χ2v) is 7.16. The third-order valence-corrected chi connectivity index (χ3v) is 4.90. The third kappa shape index (κ3) is 4.82. The summed E-state index contributed by atoms with van der Waals surface area (Å²) in [5.41, 5.74) is 4.32. The van der Waals surface area contributed by atoms with E-state index < -0.39 is 0 Å². The fourth-order valence-corrected chi connectivity index (χ4v) is 3.08. The van der Waals surface area contributed by atoms with Gasteiger partial charge in [0.05, 0.1) is 24.4 Å². The predicted octanol–water partition coefficient (Wildman–Crippen LogP) is 5.70. The molecule has 0 aliphatic carbocycles. The van der Waals surface area contributed by atoms with Crippen LogP contribution in [-0.2, 0) is 0 Å². The maximum Gasteiger partial charge on any atom is 0.299 e. The summed E-state index contributed by atoms with van der Waals surface area (Å²) in [6.45, 7) is 2.02. The number of oxazole rings is 1. The molecule has 7 heteroatoms. The number of aromatic nitrogens is 1. The van der Waals surface area contributed by atoms with Crippen LogP contribution in [-0.4, -0.2) is 17.3 Å². The summed E-state index contributed by atoms with van der Waals surface area (Å²) in [5, 5.41) is 15.2. The molecular formula is C25H19FN4O2. The molecule has 3 aromatic carbocycles. The van der Waals surface area contributed by atoms with Gasteiger partial charge in [0, 0.05) is 22.5 Å².